The molecule has 0 aliphatic heterocycles. The van der Waals surface area contributed by atoms with Gasteiger partial charge in [-0.3, -0.25) is 9.59 Å². The van der Waals surface area contributed by atoms with Crippen LogP contribution in [0.1, 0.15) is 265 Å². The van der Waals surface area contributed by atoms with Gasteiger partial charge in [0.05, 0.1) is 6.61 Å². The maximum absolute atomic E-state index is 12.7. The number of hydrogen-bond donors (Lipinski definition) is 0. The number of rotatable bonds is 47. The van der Waals surface area contributed by atoms with Crippen molar-refractivity contribution in [3.05, 3.63) is 36.5 Å². The highest BCUT2D eigenvalue weighted by Crippen LogP contribution is 2.16. The van der Waals surface area contributed by atoms with Gasteiger partial charge < -0.3 is 14.2 Å². The zero-order valence-electron chi connectivity index (χ0n) is 39.1. The largest absolute Gasteiger partial charge is 0.462 e. The molecule has 0 fully saturated rings. The Labute approximate surface area is 361 Å². The van der Waals surface area contributed by atoms with Crippen LogP contribution in [-0.2, 0) is 23.8 Å². The van der Waals surface area contributed by atoms with Crippen LogP contribution >= 0.6 is 0 Å². The lowest BCUT2D eigenvalue weighted by atomic mass is 10.0. The van der Waals surface area contributed by atoms with Gasteiger partial charge in [-0.05, 0) is 51.4 Å². The van der Waals surface area contributed by atoms with Gasteiger partial charge in [0.25, 0.3) is 0 Å². The van der Waals surface area contributed by atoms with Crippen LogP contribution in [0.4, 0.5) is 0 Å². The van der Waals surface area contributed by atoms with E-state index in [9.17, 15) is 9.59 Å². The molecule has 0 amide bonds. The van der Waals surface area contributed by atoms with Gasteiger partial charge in [0, 0.05) is 19.4 Å². The third-order valence-corrected chi connectivity index (χ3v) is 11.2. The zero-order valence-corrected chi connectivity index (χ0v) is 39.1. The maximum Gasteiger partial charge on any atom is 0.306 e. The molecule has 5 nitrogen and oxygen atoms in total. The van der Waals surface area contributed by atoms with Crippen molar-refractivity contribution in [3.8, 4) is 0 Å². The van der Waals surface area contributed by atoms with Crippen LogP contribution < -0.4 is 0 Å². The molecule has 0 saturated carbocycles. The number of allylic oxidation sites excluding steroid dienone is 6. The monoisotopic (exact) mass is 815 g/mol. The Bertz CT molecular complexity index is 924. The van der Waals surface area contributed by atoms with Gasteiger partial charge in [0.1, 0.15) is 6.61 Å². The lowest BCUT2D eigenvalue weighted by Crippen LogP contribution is -2.30. The molecular formula is C53H98O5. The summed E-state index contributed by atoms with van der Waals surface area (Å²) < 4.78 is 17.3. The van der Waals surface area contributed by atoms with Gasteiger partial charge >= 0.3 is 11.9 Å². The predicted molar refractivity (Wildman–Crippen MR) is 252 cm³/mol. The van der Waals surface area contributed by atoms with Gasteiger partial charge in [0.15, 0.2) is 6.10 Å². The van der Waals surface area contributed by atoms with E-state index < -0.39 is 6.10 Å². The average molecular weight is 815 g/mol. The smallest absolute Gasteiger partial charge is 0.306 e. The molecule has 0 aromatic heterocycles. The van der Waals surface area contributed by atoms with E-state index in [1.165, 1.54) is 161 Å². The molecule has 1 atom stereocenters. The highest BCUT2D eigenvalue weighted by atomic mass is 16.6. The second kappa shape index (κ2) is 49.5. The van der Waals surface area contributed by atoms with Gasteiger partial charge in [-0.1, -0.05) is 237 Å². The first-order chi connectivity index (χ1) is 28.6. The second-order valence-corrected chi connectivity index (χ2v) is 17.1. The molecule has 0 aliphatic carbocycles. The third kappa shape index (κ3) is 46.8. The first-order valence-electron chi connectivity index (χ1n) is 25.5. The quantitative estimate of drug-likeness (QED) is 0.0348. The van der Waals surface area contributed by atoms with Crippen molar-refractivity contribution in [2.24, 2.45) is 0 Å². The summed E-state index contributed by atoms with van der Waals surface area (Å²) in [5.41, 5.74) is 0. The molecule has 0 N–H and O–H groups in total. The maximum atomic E-state index is 12.7. The fraction of sp³-hybridized carbons (Fsp3) is 0.849. The van der Waals surface area contributed by atoms with Gasteiger partial charge in [-0.15, -0.1) is 0 Å². The minimum atomic E-state index is -0.543. The van der Waals surface area contributed by atoms with Crippen LogP contribution in [0.5, 0.6) is 0 Å². The van der Waals surface area contributed by atoms with Crippen molar-refractivity contribution in [1.29, 1.82) is 0 Å². The molecular weight excluding hydrogens is 717 g/mol. The molecule has 0 heterocycles. The number of carbonyl (C=O) groups excluding carboxylic acids is 2. The van der Waals surface area contributed by atoms with Crippen LogP contribution in [0, 0.1) is 0 Å². The standard InChI is InChI=1S/C53H98O5/c1-4-7-10-13-16-19-22-24-25-26-27-28-29-31-32-34-37-40-43-46-52(54)57-50-51(49-56-48-45-42-39-36-21-18-15-12-9-6-3)58-53(55)47-44-41-38-35-33-30-23-20-17-14-11-8-5-2/h8,11,17,20,30,33,51H,4-7,9-10,12-16,18-19,21-29,31-32,34-50H2,1-3H3/b11-8-,20-17-,33-30-. The van der Waals surface area contributed by atoms with Gasteiger partial charge in [-0.2, -0.15) is 0 Å². The molecule has 0 aliphatic rings. The predicted octanol–water partition coefficient (Wildman–Crippen LogP) is 17.0. The first-order valence-corrected chi connectivity index (χ1v) is 25.5. The summed E-state index contributed by atoms with van der Waals surface area (Å²) in [7, 11) is 0. The molecule has 0 bridgehead atoms. The molecule has 5 heteroatoms. The zero-order chi connectivity index (χ0) is 42.1. The molecule has 0 radical (unpaired) electrons. The second-order valence-electron chi connectivity index (χ2n) is 17.1. The summed E-state index contributed by atoms with van der Waals surface area (Å²) >= 11 is 0. The van der Waals surface area contributed by atoms with Gasteiger partial charge in [0.2, 0.25) is 0 Å². The van der Waals surface area contributed by atoms with Crippen LogP contribution in [0.3, 0.4) is 0 Å². The summed E-state index contributed by atoms with van der Waals surface area (Å²) in [6.45, 7) is 7.72. The molecule has 0 saturated heterocycles. The Morgan fingerprint density at radius 2 is 0.776 bits per heavy atom. The van der Waals surface area contributed by atoms with E-state index in [1.807, 2.05) is 0 Å². The average Bonchev–Trinajstić information content (AvgIpc) is 3.22. The number of esters is 2. The molecule has 1 unspecified atom stereocenters. The van der Waals surface area contributed by atoms with E-state index in [1.54, 1.807) is 0 Å². The SMILES string of the molecule is CC/C=C\C/C=C\C/C=C\CCCCCC(=O)OC(COCCCCCCCCCCCC)COC(=O)CCCCCCCCCCCCCCCCCCCCC. The summed E-state index contributed by atoms with van der Waals surface area (Å²) in [6, 6.07) is 0. The van der Waals surface area contributed by atoms with Crippen LogP contribution in [0.2, 0.25) is 0 Å². The fourth-order valence-electron chi connectivity index (χ4n) is 7.41. The Kier molecular flexibility index (Phi) is 47.9. The number of carbonyl (C=O) groups is 2. The van der Waals surface area contributed by atoms with E-state index >= 15 is 0 Å². The van der Waals surface area contributed by atoms with E-state index in [4.69, 9.17) is 14.2 Å². The fourth-order valence-corrected chi connectivity index (χ4v) is 7.41. The highest BCUT2D eigenvalue weighted by molar-refractivity contribution is 5.70. The molecule has 0 aromatic rings. The highest BCUT2D eigenvalue weighted by Gasteiger charge is 2.17. The van der Waals surface area contributed by atoms with E-state index in [-0.39, 0.29) is 25.2 Å². The van der Waals surface area contributed by atoms with Crippen LogP contribution in [0.25, 0.3) is 0 Å². The lowest BCUT2D eigenvalue weighted by molar-refractivity contribution is -0.163. The van der Waals surface area contributed by atoms with Crippen LogP contribution in [0.15, 0.2) is 36.5 Å². The Hall–Kier alpha value is -1.88. The van der Waals surface area contributed by atoms with Crippen molar-refractivity contribution in [2.45, 2.75) is 271 Å². The van der Waals surface area contributed by atoms with Crippen molar-refractivity contribution >= 4 is 11.9 Å². The molecule has 0 aromatic carbocycles. The van der Waals surface area contributed by atoms with Crippen molar-refractivity contribution in [3.63, 3.8) is 0 Å². The van der Waals surface area contributed by atoms with Crippen molar-refractivity contribution < 1.29 is 23.8 Å². The summed E-state index contributed by atoms with van der Waals surface area (Å²) in [4.78, 5) is 25.3. The normalized spacial score (nSPS) is 12.4. The molecule has 0 rings (SSSR count). The Morgan fingerprint density at radius 1 is 0.397 bits per heavy atom. The molecule has 340 valence electrons. The van der Waals surface area contributed by atoms with Gasteiger partial charge in [-0.25, -0.2) is 0 Å². The third-order valence-electron chi connectivity index (χ3n) is 11.2. The Balaban J connectivity index is 4.17. The summed E-state index contributed by atoms with van der Waals surface area (Å²) in [6.07, 6.45) is 58.7. The number of unbranched alkanes of at least 4 members (excludes halogenated alkanes) is 30. The van der Waals surface area contributed by atoms with Crippen LogP contribution in [-0.4, -0.2) is 37.9 Å². The number of hydrogen-bond acceptors (Lipinski definition) is 5. The lowest BCUT2D eigenvalue weighted by Gasteiger charge is -2.18. The Morgan fingerprint density at radius 3 is 1.24 bits per heavy atom. The van der Waals surface area contributed by atoms with E-state index in [0.29, 0.717) is 19.4 Å². The van der Waals surface area contributed by atoms with E-state index in [2.05, 4.69) is 57.2 Å². The molecule has 0 spiro atoms. The topological polar surface area (TPSA) is 61.8 Å². The first kappa shape index (κ1) is 56.1. The van der Waals surface area contributed by atoms with Crippen molar-refractivity contribution in [1.82, 2.24) is 0 Å². The summed E-state index contributed by atoms with van der Waals surface area (Å²) in [5.74, 6) is -0.417. The van der Waals surface area contributed by atoms with Crippen molar-refractivity contribution in [2.75, 3.05) is 19.8 Å². The minimum Gasteiger partial charge on any atom is -0.462 e. The number of ether oxygens (including phenoxy) is 3. The van der Waals surface area contributed by atoms with E-state index in [0.717, 1.165) is 70.6 Å². The minimum absolute atomic E-state index is 0.0792. The summed E-state index contributed by atoms with van der Waals surface area (Å²) in [5, 5.41) is 0. The molecule has 58 heavy (non-hydrogen) atoms.